The van der Waals surface area contributed by atoms with Gasteiger partial charge in [0.05, 0.1) is 33.0 Å². The number of carbonyl (C=O) groups excluding carboxylic acids is 1. The van der Waals surface area contributed by atoms with Crippen LogP contribution in [0.5, 0.6) is 0 Å². The number of hydrogen-bond acceptors (Lipinski definition) is 8. The fourth-order valence-corrected chi connectivity index (χ4v) is 5.66. The fourth-order valence-electron chi connectivity index (χ4n) is 3.51. The second-order valence-corrected chi connectivity index (χ2v) is 9.86. The van der Waals surface area contributed by atoms with Gasteiger partial charge in [-0.3, -0.25) is 14.7 Å². The van der Waals surface area contributed by atoms with Crippen LogP contribution in [0.2, 0.25) is 0 Å². The van der Waals surface area contributed by atoms with Gasteiger partial charge in [0.2, 0.25) is 5.91 Å². The van der Waals surface area contributed by atoms with Gasteiger partial charge in [-0.15, -0.1) is 11.3 Å². The molecule has 184 valence electrons. The Morgan fingerprint density at radius 3 is 2.54 bits per heavy atom. The maximum atomic E-state index is 12.8. The summed E-state index contributed by atoms with van der Waals surface area (Å²) in [6, 6.07) is 6.18. The molecule has 1 amide bonds. The van der Waals surface area contributed by atoms with Gasteiger partial charge in [0.1, 0.15) is 5.01 Å². The van der Waals surface area contributed by atoms with Gasteiger partial charge in [-0.2, -0.15) is 13.2 Å². The third-order valence-electron chi connectivity index (χ3n) is 5.16. The van der Waals surface area contributed by atoms with E-state index in [-0.39, 0.29) is 19.1 Å². The summed E-state index contributed by atoms with van der Waals surface area (Å²) in [5, 5.41) is 1.21. The monoisotopic (exact) mass is 521 g/mol. The molecule has 4 aromatic rings. The average molecular weight is 522 g/mol. The molecule has 3 aromatic heterocycles. The van der Waals surface area contributed by atoms with Gasteiger partial charge in [0.15, 0.2) is 5.13 Å². The molecule has 0 saturated carbocycles. The zero-order valence-electron chi connectivity index (χ0n) is 18.9. The van der Waals surface area contributed by atoms with E-state index >= 15 is 0 Å². The summed E-state index contributed by atoms with van der Waals surface area (Å²) in [4.78, 5) is 28.2. The molecular weight excluding hydrogens is 499 g/mol. The number of rotatable bonds is 8. The third-order valence-corrected chi connectivity index (χ3v) is 7.44. The van der Waals surface area contributed by atoms with Gasteiger partial charge in [-0.1, -0.05) is 23.5 Å². The van der Waals surface area contributed by atoms with Crippen molar-refractivity contribution < 1.29 is 22.7 Å². The summed E-state index contributed by atoms with van der Waals surface area (Å²) in [7, 11) is 1.56. The van der Waals surface area contributed by atoms with Crippen LogP contribution in [0.3, 0.4) is 0 Å². The van der Waals surface area contributed by atoms with Crippen molar-refractivity contribution in [1.82, 2.24) is 15.0 Å². The highest BCUT2D eigenvalue weighted by Crippen LogP contribution is 2.39. The molecule has 0 saturated heterocycles. The number of nitrogens with two attached hydrogens (primary N) is 1. The average Bonchev–Trinajstić information content (AvgIpc) is 3.41. The Morgan fingerprint density at radius 2 is 1.91 bits per heavy atom. The maximum absolute atomic E-state index is 12.8. The summed E-state index contributed by atoms with van der Waals surface area (Å²) in [5.41, 5.74) is 7.70. The van der Waals surface area contributed by atoms with E-state index in [1.807, 2.05) is 6.07 Å². The molecule has 0 aliphatic rings. The molecule has 0 aliphatic carbocycles. The van der Waals surface area contributed by atoms with E-state index in [1.54, 1.807) is 19.5 Å². The number of methoxy groups -OCH3 is 1. The first-order chi connectivity index (χ1) is 16.7. The van der Waals surface area contributed by atoms with Crippen molar-refractivity contribution in [2.24, 2.45) is 5.73 Å². The Labute approximate surface area is 207 Å². The number of hydrogen-bond donors (Lipinski definition) is 1. The first-order valence-corrected chi connectivity index (χ1v) is 12.2. The molecule has 0 bridgehead atoms. The van der Waals surface area contributed by atoms with Crippen molar-refractivity contribution in [3.8, 4) is 9.88 Å². The van der Waals surface area contributed by atoms with E-state index in [9.17, 15) is 18.0 Å². The summed E-state index contributed by atoms with van der Waals surface area (Å²) in [6.45, 7) is 1.81. The smallest absolute Gasteiger partial charge is 0.378 e. The van der Waals surface area contributed by atoms with Gasteiger partial charge < -0.3 is 10.5 Å². The van der Waals surface area contributed by atoms with Crippen LogP contribution in [0.4, 0.5) is 18.3 Å². The number of pyridine rings is 1. The third kappa shape index (κ3) is 5.84. The lowest BCUT2D eigenvalue weighted by Gasteiger charge is -2.22. The van der Waals surface area contributed by atoms with Crippen LogP contribution < -0.4 is 10.6 Å². The highest BCUT2D eigenvalue weighted by Gasteiger charge is 2.30. The molecule has 0 spiro atoms. The Balaban J connectivity index is 1.56. The van der Waals surface area contributed by atoms with Gasteiger partial charge >= 0.3 is 6.18 Å². The zero-order valence-corrected chi connectivity index (χ0v) is 20.5. The second-order valence-electron chi connectivity index (χ2n) is 7.86. The number of fused-ring (bicyclic) bond motifs is 1. The number of alkyl halides is 3. The largest absolute Gasteiger partial charge is 0.416 e. The highest BCUT2D eigenvalue weighted by atomic mass is 32.1. The van der Waals surface area contributed by atoms with E-state index in [2.05, 4.69) is 15.0 Å². The van der Waals surface area contributed by atoms with Crippen LogP contribution >= 0.6 is 22.7 Å². The number of carbonyl (C=O) groups is 1. The van der Waals surface area contributed by atoms with Crippen LogP contribution in [0.15, 0.2) is 42.7 Å². The van der Waals surface area contributed by atoms with Gasteiger partial charge in [-0.25, -0.2) is 9.97 Å². The van der Waals surface area contributed by atoms with Gasteiger partial charge in [0.25, 0.3) is 0 Å². The van der Waals surface area contributed by atoms with E-state index in [0.717, 1.165) is 32.2 Å². The number of amides is 1. The minimum absolute atomic E-state index is 0.152. The molecule has 0 radical (unpaired) electrons. The quantitative estimate of drug-likeness (QED) is 0.354. The van der Waals surface area contributed by atoms with Crippen LogP contribution in [0.1, 0.15) is 23.7 Å². The van der Waals surface area contributed by atoms with Crippen molar-refractivity contribution in [2.45, 2.75) is 32.2 Å². The van der Waals surface area contributed by atoms with E-state index in [4.69, 9.17) is 10.5 Å². The lowest BCUT2D eigenvalue weighted by molar-refractivity contribution is -0.137. The highest BCUT2D eigenvalue weighted by molar-refractivity contribution is 7.26. The van der Waals surface area contributed by atoms with Crippen LogP contribution in [-0.4, -0.2) is 40.6 Å². The van der Waals surface area contributed by atoms with E-state index in [1.165, 1.54) is 46.6 Å². The molecule has 7 nitrogen and oxygen atoms in total. The summed E-state index contributed by atoms with van der Waals surface area (Å²) < 4.78 is 44.7. The molecule has 35 heavy (non-hydrogen) atoms. The summed E-state index contributed by atoms with van der Waals surface area (Å²) in [5.74, 6) is -0.245. The molecule has 0 fully saturated rings. The predicted octanol–water partition coefficient (Wildman–Crippen LogP) is 4.90. The maximum Gasteiger partial charge on any atom is 0.416 e. The number of halogens is 3. The van der Waals surface area contributed by atoms with Crippen molar-refractivity contribution in [3.63, 3.8) is 0 Å². The Kier molecular flexibility index (Phi) is 7.45. The molecule has 3 heterocycles. The lowest BCUT2D eigenvalue weighted by Crippen LogP contribution is -2.41. The minimum Gasteiger partial charge on any atom is -0.378 e. The molecule has 0 aliphatic heterocycles. The Morgan fingerprint density at radius 1 is 1.17 bits per heavy atom. The fraction of sp³-hybridized carbons (Fsp3) is 0.304. The summed E-state index contributed by atoms with van der Waals surface area (Å²) in [6.07, 6.45) is -0.670. The topological polar surface area (TPSA) is 94.2 Å². The van der Waals surface area contributed by atoms with E-state index < -0.39 is 17.8 Å². The molecule has 12 heteroatoms. The molecule has 1 atom stereocenters. The van der Waals surface area contributed by atoms with Crippen LogP contribution in [-0.2, 0) is 28.7 Å². The Hall–Kier alpha value is -2.93. The molecule has 4 rings (SSSR count). The van der Waals surface area contributed by atoms with Crippen LogP contribution in [0, 0.1) is 0 Å². The normalized spacial score (nSPS) is 12.7. The number of thiazole rings is 2. The zero-order chi connectivity index (χ0) is 25.2. The predicted molar refractivity (Wildman–Crippen MR) is 130 cm³/mol. The SMILES string of the molecule is COCc1nc(N(CC(N)Cc2ccc(C(F)(F)F)cc2)C(C)=O)sc1-c1nc2ccncc2s1. The van der Waals surface area contributed by atoms with Crippen molar-refractivity contribution in [3.05, 3.63) is 59.5 Å². The molecule has 1 aromatic carbocycles. The van der Waals surface area contributed by atoms with Crippen LogP contribution in [0.25, 0.3) is 20.1 Å². The minimum atomic E-state index is -4.39. The lowest BCUT2D eigenvalue weighted by atomic mass is 10.0. The standard InChI is InChI=1S/C23H22F3N5O2S2/c1-13(32)31(11-16(27)9-14-3-5-15(6-4-14)23(24,25)26)22-30-18(12-33-2)20(35-22)21-29-17-7-8-28-10-19(17)34-21/h3-8,10,16H,9,11-12,27H2,1-2H3. The van der Waals surface area contributed by atoms with Crippen molar-refractivity contribution >= 4 is 43.9 Å². The summed E-state index contributed by atoms with van der Waals surface area (Å²) >= 11 is 2.79. The van der Waals surface area contributed by atoms with Crippen molar-refractivity contribution in [2.75, 3.05) is 18.6 Å². The Bertz CT molecular complexity index is 1290. The molecular formula is C23H22F3N5O2S2. The first-order valence-electron chi connectivity index (χ1n) is 10.5. The number of ether oxygens (including phenoxy) is 1. The van der Waals surface area contributed by atoms with Gasteiger partial charge in [0, 0.05) is 39.0 Å². The second kappa shape index (κ2) is 10.4. The number of anilines is 1. The number of benzene rings is 1. The number of aromatic nitrogens is 3. The van der Waals surface area contributed by atoms with Gasteiger partial charge in [-0.05, 0) is 30.2 Å². The molecule has 2 N–H and O–H groups in total. The first kappa shape index (κ1) is 25.2. The molecule has 1 unspecified atom stereocenters. The number of nitrogens with zero attached hydrogens (tertiary/aromatic N) is 4. The van der Waals surface area contributed by atoms with Crippen molar-refractivity contribution in [1.29, 1.82) is 0 Å². The van der Waals surface area contributed by atoms with E-state index in [0.29, 0.717) is 22.8 Å².